The zero-order chi connectivity index (χ0) is 32.3. The van der Waals surface area contributed by atoms with Crippen LogP contribution in [0.5, 0.6) is 11.6 Å². The van der Waals surface area contributed by atoms with Crippen molar-refractivity contribution in [1.29, 1.82) is 0 Å². The van der Waals surface area contributed by atoms with Gasteiger partial charge in [0.2, 0.25) is 21.9 Å². The van der Waals surface area contributed by atoms with Gasteiger partial charge in [0.25, 0.3) is 0 Å². The lowest BCUT2D eigenvalue weighted by Gasteiger charge is -2.31. The molecule has 5 aromatic rings. The van der Waals surface area contributed by atoms with E-state index in [1.54, 1.807) is 60.9 Å². The molecule has 1 aliphatic heterocycles. The third-order valence-corrected chi connectivity index (χ3v) is 9.29. The van der Waals surface area contributed by atoms with Crippen molar-refractivity contribution in [2.45, 2.75) is 31.6 Å². The van der Waals surface area contributed by atoms with Crippen molar-refractivity contribution in [2.75, 3.05) is 23.1 Å². The number of benzene rings is 3. The average Bonchev–Trinajstić information content (AvgIpc) is 3.04. The van der Waals surface area contributed by atoms with E-state index in [9.17, 15) is 18.3 Å². The first kappa shape index (κ1) is 31.1. The molecule has 6 rings (SSSR count). The zero-order valence-electron chi connectivity index (χ0n) is 24.9. The summed E-state index contributed by atoms with van der Waals surface area (Å²) in [7, 11) is -3.79. The lowest BCUT2D eigenvalue weighted by Crippen LogP contribution is -2.44. The minimum Gasteiger partial charge on any atom is -0.465 e. The number of carbonyl (C=O) groups is 1. The first-order chi connectivity index (χ1) is 22.2. The Hall–Kier alpha value is -4.94. The second-order valence-electron chi connectivity index (χ2n) is 11.0. The summed E-state index contributed by atoms with van der Waals surface area (Å²) in [6.45, 7) is 2.76. The highest BCUT2D eigenvalue weighted by Crippen LogP contribution is 2.39. The van der Waals surface area contributed by atoms with Crippen molar-refractivity contribution < 1.29 is 23.1 Å². The number of sulfonamides is 1. The molecule has 1 saturated heterocycles. The third kappa shape index (κ3) is 6.98. The molecule has 0 radical (unpaired) electrons. The van der Waals surface area contributed by atoms with E-state index in [4.69, 9.17) is 21.3 Å². The Kier molecular flexibility index (Phi) is 8.91. The first-order valence-corrected chi connectivity index (χ1v) is 16.7. The van der Waals surface area contributed by atoms with Gasteiger partial charge in [0.05, 0.1) is 22.7 Å². The van der Waals surface area contributed by atoms with Gasteiger partial charge in [-0.15, -0.1) is 0 Å². The molecule has 3 aromatic carbocycles. The topological polar surface area (TPSA) is 147 Å². The highest BCUT2D eigenvalue weighted by Gasteiger charge is 2.24. The molecule has 0 bridgehead atoms. The number of aryl methyl sites for hydroxylation is 1. The number of amides is 1. The standard InChI is InChI=1S/C33H31ClN6O5S/c1-21-13-14-24-25(9-4-12-29(24)39-46(43,44)20-22-7-2-3-11-27(22)34)30(21)45-31-26(10-5-16-35-31)28-15-17-36-32(38-28)37-23-8-6-18-40(19-23)33(41)42/h2-5,7,9-17,23,39H,6,8,18-20H2,1H3,(H,41,42)(H,36,37,38). The zero-order valence-corrected chi connectivity index (χ0v) is 26.4. The predicted molar refractivity (Wildman–Crippen MR) is 178 cm³/mol. The van der Waals surface area contributed by atoms with E-state index >= 15 is 0 Å². The van der Waals surface area contributed by atoms with Crippen LogP contribution in [0.25, 0.3) is 22.0 Å². The summed E-state index contributed by atoms with van der Waals surface area (Å²) in [6, 6.07) is 21.2. The maximum Gasteiger partial charge on any atom is 0.407 e. The van der Waals surface area contributed by atoms with Crippen molar-refractivity contribution in [2.24, 2.45) is 0 Å². The molecule has 0 aliphatic carbocycles. The van der Waals surface area contributed by atoms with Crippen molar-refractivity contribution in [3.05, 3.63) is 101 Å². The Balaban J connectivity index is 1.28. The SMILES string of the molecule is Cc1ccc2c(NS(=O)(=O)Cc3ccccc3Cl)cccc2c1Oc1ncccc1-c1ccnc(NC2CCCN(C(=O)O)C2)n1. The normalized spacial score (nSPS) is 15.0. The van der Waals surface area contributed by atoms with Gasteiger partial charge < -0.3 is 20.1 Å². The molecule has 3 heterocycles. The molecule has 46 heavy (non-hydrogen) atoms. The second-order valence-corrected chi connectivity index (χ2v) is 13.1. The number of hydrogen-bond acceptors (Lipinski definition) is 8. The van der Waals surface area contributed by atoms with Crippen LogP contribution in [0.2, 0.25) is 5.02 Å². The van der Waals surface area contributed by atoms with Crippen LogP contribution in [0.4, 0.5) is 16.4 Å². The molecule has 13 heteroatoms. The van der Waals surface area contributed by atoms with Crippen molar-refractivity contribution in [3.63, 3.8) is 0 Å². The van der Waals surface area contributed by atoms with E-state index < -0.39 is 16.1 Å². The average molecular weight is 659 g/mol. The minimum absolute atomic E-state index is 0.112. The second kappa shape index (κ2) is 13.2. The molecule has 11 nitrogen and oxygen atoms in total. The summed E-state index contributed by atoms with van der Waals surface area (Å²) in [4.78, 5) is 26.4. The first-order valence-electron chi connectivity index (χ1n) is 14.6. The maximum atomic E-state index is 13.2. The van der Waals surface area contributed by atoms with Crippen LogP contribution in [0, 0.1) is 6.92 Å². The molecular formula is C33H31ClN6O5S. The van der Waals surface area contributed by atoms with E-state index in [-0.39, 0.29) is 11.8 Å². The number of hydrogen-bond donors (Lipinski definition) is 3. The molecule has 1 fully saturated rings. The van der Waals surface area contributed by atoms with Crippen LogP contribution >= 0.6 is 11.6 Å². The minimum atomic E-state index is -3.79. The Morgan fingerprint density at radius 3 is 2.70 bits per heavy atom. The highest BCUT2D eigenvalue weighted by molar-refractivity contribution is 7.92. The van der Waals surface area contributed by atoms with Crippen LogP contribution in [-0.4, -0.2) is 58.6 Å². The van der Waals surface area contributed by atoms with Gasteiger partial charge in [-0.2, -0.15) is 0 Å². The van der Waals surface area contributed by atoms with Crippen LogP contribution in [-0.2, 0) is 15.8 Å². The molecule has 0 spiro atoms. The van der Waals surface area contributed by atoms with Crippen molar-refractivity contribution >= 4 is 50.1 Å². The number of likely N-dealkylation sites (tertiary alicyclic amines) is 1. The summed E-state index contributed by atoms with van der Waals surface area (Å²) in [6.07, 6.45) is 3.86. The maximum absolute atomic E-state index is 13.2. The number of aromatic nitrogens is 3. The lowest BCUT2D eigenvalue weighted by atomic mass is 10.0. The van der Waals surface area contributed by atoms with E-state index in [1.807, 2.05) is 31.2 Å². The van der Waals surface area contributed by atoms with Gasteiger partial charge in [0.15, 0.2) is 0 Å². The van der Waals surface area contributed by atoms with Crippen LogP contribution < -0.4 is 14.8 Å². The van der Waals surface area contributed by atoms with E-state index in [0.717, 1.165) is 18.4 Å². The number of nitrogens with one attached hydrogen (secondary N) is 2. The molecule has 1 aliphatic rings. The molecule has 2 aromatic heterocycles. The molecule has 1 amide bonds. The Morgan fingerprint density at radius 1 is 1.02 bits per heavy atom. The Bertz CT molecular complexity index is 2030. The molecule has 236 valence electrons. The highest BCUT2D eigenvalue weighted by atomic mass is 35.5. The van der Waals surface area contributed by atoms with Crippen LogP contribution in [0.3, 0.4) is 0 Å². The van der Waals surface area contributed by atoms with Gasteiger partial charge in [0.1, 0.15) is 5.75 Å². The van der Waals surface area contributed by atoms with E-state index in [2.05, 4.69) is 20.0 Å². The number of anilines is 2. The van der Waals surface area contributed by atoms with Gasteiger partial charge in [-0.1, -0.05) is 54.1 Å². The number of nitrogens with zero attached hydrogens (tertiary/aromatic N) is 4. The van der Waals surface area contributed by atoms with Gasteiger partial charge in [-0.25, -0.2) is 28.2 Å². The number of fused-ring (bicyclic) bond motifs is 1. The molecular weight excluding hydrogens is 628 g/mol. The molecule has 3 N–H and O–H groups in total. The fourth-order valence-electron chi connectivity index (χ4n) is 5.48. The fourth-order valence-corrected chi connectivity index (χ4v) is 7.01. The van der Waals surface area contributed by atoms with Gasteiger partial charge in [-0.05, 0) is 61.2 Å². The van der Waals surface area contributed by atoms with Crippen LogP contribution in [0.1, 0.15) is 24.0 Å². The van der Waals surface area contributed by atoms with E-state index in [0.29, 0.717) is 69.0 Å². The summed E-state index contributed by atoms with van der Waals surface area (Å²) in [5.74, 6) is 0.930. The van der Waals surface area contributed by atoms with Gasteiger partial charge in [-0.3, -0.25) is 4.72 Å². The largest absolute Gasteiger partial charge is 0.465 e. The van der Waals surface area contributed by atoms with Crippen LogP contribution in [0.15, 0.2) is 85.2 Å². The Labute approximate surface area is 271 Å². The quantitative estimate of drug-likeness (QED) is 0.153. The predicted octanol–water partition coefficient (Wildman–Crippen LogP) is 6.94. The van der Waals surface area contributed by atoms with Crippen molar-refractivity contribution in [3.8, 4) is 22.9 Å². The number of halogens is 1. The Morgan fingerprint density at radius 2 is 1.87 bits per heavy atom. The summed E-state index contributed by atoms with van der Waals surface area (Å²) in [5, 5.41) is 14.4. The molecule has 1 unspecified atom stereocenters. The van der Waals surface area contributed by atoms with E-state index in [1.165, 1.54) is 4.90 Å². The third-order valence-electron chi connectivity index (χ3n) is 7.70. The van der Waals surface area contributed by atoms with Gasteiger partial charge >= 0.3 is 6.09 Å². The van der Waals surface area contributed by atoms with Gasteiger partial charge in [0, 0.05) is 47.3 Å². The number of piperidine rings is 1. The summed E-state index contributed by atoms with van der Waals surface area (Å²) in [5.41, 5.74) is 2.93. The lowest BCUT2D eigenvalue weighted by molar-refractivity contribution is 0.132. The van der Waals surface area contributed by atoms with Crippen molar-refractivity contribution in [1.82, 2.24) is 19.9 Å². The summed E-state index contributed by atoms with van der Waals surface area (Å²) >= 11 is 6.22. The summed E-state index contributed by atoms with van der Waals surface area (Å²) < 4.78 is 35.5. The molecule has 0 saturated carbocycles. The monoisotopic (exact) mass is 658 g/mol. The smallest absolute Gasteiger partial charge is 0.407 e. The number of carboxylic acid groups (broad SMARTS) is 1. The number of pyridine rings is 1. The number of ether oxygens (including phenoxy) is 1. The number of rotatable bonds is 9. The molecule has 1 atom stereocenters. The fraction of sp³-hybridized carbons (Fsp3) is 0.212.